The highest BCUT2D eigenvalue weighted by atomic mass is 16.5. The fourth-order valence-electron chi connectivity index (χ4n) is 2.76. The minimum absolute atomic E-state index is 0.0275. The maximum Gasteiger partial charge on any atom is 0.315 e. The summed E-state index contributed by atoms with van der Waals surface area (Å²) in [6, 6.07) is 9.66. The monoisotopic (exact) mass is 314 g/mol. The van der Waals surface area contributed by atoms with E-state index in [0.717, 1.165) is 24.1 Å². The van der Waals surface area contributed by atoms with Crippen molar-refractivity contribution in [2.24, 2.45) is 0 Å². The predicted molar refractivity (Wildman–Crippen MR) is 86.8 cm³/mol. The van der Waals surface area contributed by atoms with Crippen LogP contribution in [0.3, 0.4) is 0 Å². The van der Waals surface area contributed by atoms with Crippen molar-refractivity contribution in [2.45, 2.75) is 38.6 Å². The number of rotatable bonds is 5. The maximum absolute atomic E-state index is 12.1. The van der Waals surface area contributed by atoms with E-state index in [2.05, 4.69) is 15.7 Å². The molecule has 1 aromatic carbocycles. The van der Waals surface area contributed by atoms with Crippen LogP contribution in [0.25, 0.3) is 0 Å². The SMILES string of the molecule is CCn1cc([C@H]2OCC[C@@H]2NC(=O)NCc2ccccc2)cn1. The Hall–Kier alpha value is -2.34. The number of nitrogens with one attached hydrogen (secondary N) is 2. The molecule has 0 spiro atoms. The lowest BCUT2D eigenvalue weighted by Crippen LogP contribution is -2.43. The van der Waals surface area contributed by atoms with Crippen molar-refractivity contribution in [3.8, 4) is 0 Å². The third-order valence-electron chi connectivity index (χ3n) is 4.01. The summed E-state index contributed by atoms with van der Waals surface area (Å²) in [4.78, 5) is 12.1. The summed E-state index contributed by atoms with van der Waals surface area (Å²) >= 11 is 0. The van der Waals surface area contributed by atoms with Gasteiger partial charge < -0.3 is 15.4 Å². The zero-order valence-electron chi connectivity index (χ0n) is 13.2. The third-order valence-corrected chi connectivity index (χ3v) is 4.01. The lowest BCUT2D eigenvalue weighted by atomic mass is 10.1. The van der Waals surface area contributed by atoms with Crippen LogP contribution in [0.15, 0.2) is 42.7 Å². The van der Waals surface area contributed by atoms with Gasteiger partial charge in [-0.25, -0.2) is 4.79 Å². The molecule has 1 fully saturated rings. The van der Waals surface area contributed by atoms with Gasteiger partial charge in [-0.2, -0.15) is 5.10 Å². The van der Waals surface area contributed by atoms with Crippen LogP contribution < -0.4 is 10.6 Å². The molecule has 2 atom stereocenters. The number of aromatic nitrogens is 2. The number of benzene rings is 1. The van der Waals surface area contributed by atoms with Gasteiger partial charge in [0.1, 0.15) is 6.10 Å². The molecule has 0 aliphatic carbocycles. The van der Waals surface area contributed by atoms with Gasteiger partial charge in [0.25, 0.3) is 0 Å². The first-order valence-corrected chi connectivity index (χ1v) is 7.98. The van der Waals surface area contributed by atoms with E-state index >= 15 is 0 Å². The smallest absolute Gasteiger partial charge is 0.315 e. The van der Waals surface area contributed by atoms with Gasteiger partial charge in [-0.1, -0.05) is 30.3 Å². The average molecular weight is 314 g/mol. The fraction of sp³-hybridized carbons (Fsp3) is 0.412. The van der Waals surface area contributed by atoms with Crippen LogP contribution in [0.4, 0.5) is 4.79 Å². The first-order chi connectivity index (χ1) is 11.3. The fourth-order valence-corrected chi connectivity index (χ4v) is 2.76. The first kappa shape index (κ1) is 15.6. The van der Waals surface area contributed by atoms with Gasteiger partial charge in [-0.05, 0) is 18.9 Å². The molecular formula is C17H22N4O2. The molecule has 2 aromatic rings. The zero-order chi connectivity index (χ0) is 16.1. The van der Waals surface area contributed by atoms with Crippen LogP contribution in [-0.2, 0) is 17.8 Å². The van der Waals surface area contributed by atoms with Crippen LogP contribution in [0.2, 0.25) is 0 Å². The van der Waals surface area contributed by atoms with E-state index in [1.54, 1.807) is 0 Å². The Bertz CT molecular complexity index is 641. The number of aryl methyl sites for hydroxylation is 1. The molecule has 2 N–H and O–H groups in total. The third kappa shape index (κ3) is 3.90. The van der Waals surface area contributed by atoms with Gasteiger partial charge in [0.05, 0.1) is 12.2 Å². The van der Waals surface area contributed by atoms with E-state index in [-0.39, 0.29) is 18.2 Å². The molecule has 6 nitrogen and oxygen atoms in total. The van der Waals surface area contributed by atoms with Crippen molar-refractivity contribution < 1.29 is 9.53 Å². The minimum atomic E-state index is -0.169. The number of amides is 2. The second-order valence-electron chi connectivity index (χ2n) is 5.63. The summed E-state index contributed by atoms with van der Waals surface area (Å²) in [5.41, 5.74) is 2.09. The normalized spacial score (nSPS) is 20.4. The Morgan fingerprint density at radius 1 is 1.39 bits per heavy atom. The van der Waals surface area contributed by atoms with Crippen molar-refractivity contribution in [3.05, 3.63) is 53.9 Å². The minimum Gasteiger partial charge on any atom is -0.371 e. The van der Waals surface area contributed by atoms with Gasteiger partial charge in [0.2, 0.25) is 0 Å². The van der Waals surface area contributed by atoms with Gasteiger partial charge in [-0.15, -0.1) is 0 Å². The molecule has 1 saturated heterocycles. The Balaban J connectivity index is 1.54. The number of ether oxygens (including phenoxy) is 1. The molecule has 0 unspecified atom stereocenters. The Morgan fingerprint density at radius 3 is 2.96 bits per heavy atom. The molecule has 23 heavy (non-hydrogen) atoms. The zero-order valence-corrected chi connectivity index (χ0v) is 13.2. The number of nitrogens with zero attached hydrogens (tertiary/aromatic N) is 2. The van der Waals surface area contributed by atoms with E-state index in [1.807, 2.05) is 54.3 Å². The maximum atomic E-state index is 12.1. The number of hydrogen-bond acceptors (Lipinski definition) is 3. The predicted octanol–water partition coefficient (Wildman–Crippen LogP) is 2.23. The molecule has 0 bridgehead atoms. The molecule has 1 aromatic heterocycles. The number of urea groups is 1. The topological polar surface area (TPSA) is 68.2 Å². The van der Waals surface area contributed by atoms with E-state index < -0.39 is 0 Å². The average Bonchev–Trinajstić information content (AvgIpc) is 3.22. The highest BCUT2D eigenvalue weighted by Gasteiger charge is 2.31. The van der Waals surface area contributed by atoms with Crippen molar-refractivity contribution >= 4 is 6.03 Å². The standard InChI is InChI=1S/C17H22N4O2/c1-2-21-12-14(11-19-21)16-15(8-9-23-16)20-17(22)18-10-13-6-4-3-5-7-13/h3-7,11-12,15-16H,2,8-10H2,1H3,(H2,18,20,22)/t15-,16+/m0/s1. The molecule has 2 heterocycles. The molecule has 1 aliphatic heterocycles. The lowest BCUT2D eigenvalue weighted by Gasteiger charge is -2.19. The van der Waals surface area contributed by atoms with Gasteiger partial charge >= 0.3 is 6.03 Å². The van der Waals surface area contributed by atoms with Crippen molar-refractivity contribution in [2.75, 3.05) is 6.61 Å². The molecule has 6 heteroatoms. The van der Waals surface area contributed by atoms with Crippen molar-refractivity contribution in [3.63, 3.8) is 0 Å². The Kier molecular flexibility index (Phi) is 4.92. The second kappa shape index (κ2) is 7.28. The van der Waals surface area contributed by atoms with Crippen LogP contribution in [-0.4, -0.2) is 28.5 Å². The molecular weight excluding hydrogens is 292 g/mol. The number of hydrogen-bond donors (Lipinski definition) is 2. The summed E-state index contributed by atoms with van der Waals surface area (Å²) in [5, 5.41) is 10.2. The van der Waals surface area contributed by atoms with Crippen LogP contribution >= 0.6 is 0 Å². The molecule has 0 saturated carbocycles. The number of carbonyl (C=O) groups is 1. The largest absolute Gasteiger partial charge is 0.371 e. The van der Waals surface area contributed by atoms with Crippen molar-refractivity contribution in [1.82, 2.24) is 20.4 Å². The van der Waals surface area contributed by atoms with Crippen LogP contribution in [0, 0.1) is 0 Å². The van der Waals surface area contributed by atoms with Crippen molar-refractivity contribution in [1.29, 1.82) is 0 Å². The van der Waals surface area contributed by atoms with Gasteiger partial charge in [-0.3, -0.25) is 4.68 Å². The summed E-state index contributed by atoms with van der Waals surface area (Å²) in [6.45, 7) is 4.02. The summed E-state index contributed by atoms with van der Waals surface area (Å²) in [7, 11) is 0. The van der Waals surface area contributed by atoms with Crippen LogP contribution in [0.1, 0.15) is 30.6 Å². The van der Waals surface area contributed by atoms with Gasteiger partial charge in [0.15, 0.2) is 0 Å². The molecule has 3 rings (SSSR count). The van der Waals surface area contributed by atoms with E-state index in [1.165, 1.54) is 0 Å². The molecule has 0 radical (unpaired) electrons. The first-order valence-electron chi connectivity index (χ1n) is 7.98. The summed E-state index contributed by atoms with van der Waals surface area (Å²) in [6.07, 6.45) is 4.47. The van der Waals surface area contributed by atoms with E-state index in [9.17, 15) is 4.79 Å². The van der Waals surface area contributed by atoms with E-state index in [4.69, 9.17) is 4.74 Å². The van der Waals surface area contributed by atoms with Gasteiger partial charge in [0, 0.05) is 31.5 Å². The van der Waals surface area contributed by atoms with E-state index in [0.29, 0.717) is 13.2 Å². The highest BCUT2D eigenvalue weighted by Crippen LogP contribution is 2.28. The molecule has 122 valence electrons. The second-order valence-corrected chi connectivity index (χ2v) is 5.63. The quantitative estimate of drug-likeness (QED) is 0.889. The summed E-state index contributed by atoms with van der Waals surface area (Å²) < 4.78 is 7.64. The molecule has 2 amide bonds. The number of carbonyl (C=O) groups excluding carboxylic acids is 1. The highest BCUT2D eigenvalue weighted by molar-refractivity contribution is 5.74. The Morgan fingerprint density at radius 2 is 2.22 bits per heavy atom. The van der Waals surface area contributed by atoms with Crippen LogP contribution in [0.5, 0.6) is 0 Å². The Labute approximate surface area is 135 Å². The summed E-state index contributed by atoms with van der Waals surface area (Å²) in [5.74, 6) is 0. The molecule has 1 aliphatic rings. The lowest BCUT2D eigenvalue weighted by molar-refractivity contribution is 0.0998.